The van der Waals surface area contributed by atoms with Gasteiger partial charge in [-0.3, -0.25) is 9.36 Å². The summed E-state index contributed by atoms with van der Waals surface area (Å²) < 4.78 is 60.5. The van der Waals surface area contributed by atoms with Gasteiger partial charge in [-0.1, -0.05) is 23.7 Å². The SMILES string of the molecule is COc1cccc(C2SC(Cc3ncc(CCC(=O)O)o3)c3nnc(C(F)(F)F)n3-c3ccc(Cl)cc32)c1OC. The van der Waals surface area contributed by atoms with Gasteiger partial charge in [0.15, 0.2) is 23.2 Å². The number of hydrogen-bond acceptors (Lipinski definition) is 8. The van der Waals surface area contributed by atoms with Crippen LogP contribution < -0.4 is 9.47 Å². The van der Waals surface area contributed by atoms with Crippen LogP contribution in [0.25, 0.3) is 5.69 Å². The molecule has 0 fully saturated rings. The zero-order valence-electron chi connectivity index (χ0n) is 21.1. The van der Waals surface area contributed by atoms with E-state index in [1.165, 1.54) is 44.3 Å². The van der Waals surface area contributed by atoms with Crippen LogP contribution >= 0.6 is 23.4 Å². The van der Waals surface area contributed by atoms with Crippen LogP contribution in [0, 0.1) is 0 Å². The largest absolute Gasteiger partial charge is 0.493 e. The zero-order valence-corrected chi connectivity index (χ0v) is 22.7. The number of thioether (sulfide) groups is 1. The van der Waals surface area contributed by atoms with E-state index in [-0.39, 0.29) is 36.7 Å². The molecular weight excluding hydrogens is 573 g/mol. The second-order valence-corrected chi connectivity index (χ2v) is 10.6. The average molecular weight is 595 g/mol. The molecule has 0 saturated carbocycles. The summed E-state index contributed by atoms with van der Waals surface area (Å²) in [5.41, 5.74) is 1.37. The van der Waals surface area contributed by atoms with Crippen molar-refractivity contribution in [3.8, 4) is 17.2 Å². The number of benzene rings is 2. The second-order valence-electron chi connectivity index (χ2n) is 8.82. The summed E-state index contributed by atoms with van der Waals surface area (Å²) in [6.45, 7) is 0. The van der Waals surface area contributed by atoms with Crippen LogP contribution in [-0.4, -0.2) is 45.0 Å². The summed E-state index contributed by atoms with van der Waals surface area (Å²) in [5, 5.41) is 15.5. The lowest BCUT2D eigenvalue weighted by molar-refractivity contribution is -0.146. The molecule has 4 aromatic rings. The first-order valence-corrected chi connectivity index (χ1v) is 13.3. The quantitative estimate of drug-likeness (QED) is 0.259. The van der Waals surface area contributed by atoms with Gasteiger partial charge in [-0.2, -0.15) is 13.2 Å². The number of halogens is 4. The summed E-state index contributed by atoms with van der Waals surface area (Å²) in [6.07, 6.45) is -3.34. The van der Waals surface area contributed by atoms with Gasteiger partial charge in [-0.05, 0) is 29.8 Å². The molecule has 2 atom stereocenters. The third-order valence-corrected chi connectivity index (χ3v) is 8.03. The Labute approximate surface area is 235 Å². The Bertz CT molecular complexity index is 1560. The molecule has 0 bridgehead atoms. The van der Waals surface area contributed by atoms with Crippen molar-refractivity contribution in [3.05, 3.63) is 82.0 Å². The summed E-state index contributed by atoms with van der Waals surface area (Å²) in [4.78, 5) is 15.2. The molecule has 0 saturated heterocycles. The average Bonchev–Trinajstić information content (AvgIpc) is 3.54. The highest BCUT2D eigenvalue weighted by Gasteiger charge is 2.43. The van der Waals surface area contributed by atoms with Crippen LogP contribution in [-0.2, 0) is 23.8 Å². The molecule has 5 rings (SSSR count). The number of methoxy groups -OCH3 is 2. The first-order chi connectivity index (χ1) is 19.1. The van der Waals surface area contributed by atoms with Crippen molar-refractivity contribution in [2.24, 2.45) is 0 Å². The summed E-state index contributed by atoms with van der Waals surface area (Å²) in [7, 11) is 2.98. The smallest absolute Gasteiger partial charge is 0.452 e. The Balaban J connectivity index is 1.68. The summed E-state index contributed by atoms with van der Waals surface area (Å²) >= 11 is 7.69. The maximum Gasteiger partial charge on any atom is 0.452 e. The second kappa shape index (κ2) is 11.0. The minimum atomic E-state index is -4.79. The molecule has 210 valence electrons. The van der Waals surface area contributed by atoms with Crippen molar-refractivity contribution in [3.63, 3.8) is 0 Å². The van der Waals surface area contributed by atoms with Gasteiger partial charge in [0, 0.05) is 23.4 Å². The number of fused-ring (bicyclic) bond motifs is 3. The molecule has 9 nitrogen and oxygen atoms in total. The van der Waals surface area contributed by atoms with Gasteiger partial charge in [0.1, 0.15) is 5.76 Å². The third-order valence-electron chi connectivity index (χ3n) is 6.31. The Kier molecular flexibility index (Phi) is 7.69. The van der Waals surface area contributed by atoms with E-state index >= 15 is 0 Å². The lowest BCUT2D eigenvalue weighted by atomic mass is 10.0. The standard InChI is InChI=1S/C26H22ClF3N4O5S/c1-37-18-5-3-4-15(22(18)38-2)23-16-10-13(27)6-8-17(16)34-24(32-33-25(34)26(28,29)30)19(40-23)11-20-31-12-14(39-20)7-9-21(35)36/h3-6,8,10,12,19,23H,7,9,11H2,1-2H3,(H,35,36). The zero-order chi connectivity index (χ0) is 28.6. The number of carboxylic acid groups (broad SMARTS) is 1. The first kappa shape index (κ1) is 27.8. The first-order valence-electron chi connectivity index (χ1n) is 11.9. The summed E-state index contributed by atoms with van der Waals surface area (Å²) in [6, 6.07) is 9.95. The van der Waals surface area contributed by atoms with Gasteiger partial charge < -0.3 is 19.0 Å². The molecule has 0 aliphatic carbocycles. The lowest BCUT2D eigenvalue weighted by Crippen LogP contribution is -2.16. The van der Waals surface area contributed by atoms with E-state index in [0.29, 0.717) is 33.4 Å². The molecule has 1 N–H and O–H groups in total. The normalized spacial score (nSPS) is 16.6. The maximum atomic E-state index is 14.2. The fraction of sp³-hybridized carbons (Fsp3) is 0.308. The highest BCUT2D eigenvalue weighted by Crippen LogP contribution is 2.54. The predicted octanol–water partition coefficient (Wildman–Crippen LogP) is 6.08. The molecule has 2 unspecified atom stereocenters. The monoisotopic (exact) mass is 594 g/mol. The number of rotatable bonds is 8. The molecule has 2 aromatic heterocycles. The van der Waals surface area contributed by atoms with E-state index in [9.17, 15) is 18.0 Å². The highest BCUT2D eigenvalue weighted by molar-refractivity contribution is 8.00. The number of para-hydroxylation sites is 1. The fourth-order valence-electron chi connectivity index (χ4n) is 4.61. The van der Waals surface area contributed by atoms with E-state index in [1.807, 2.05) is 6.07 Å². The van der Waals surface area contributed by atoms with E-state index < -0.39 is 28.5 Å². The predicted molar refractivity (Wildman–Crippen MR) is 139 cm³/mol. The van der Waals surface area contributed by atoms with Gasteiger partial charge >= 0.3 is 12.1 Å². The Morgan fingerprint density at radius 1 is 1.18 bits per heavy atom. The van der Waals surface area contributed by atoms with Crippen molar-refractivity contribution < 1.29 is 37.0 Å². The Morgan fingerprint density at radius 3 is 2.67 bits per heavy atom. The molecule has 3 heterocycles. The number of oxazole rings is 1. The highest BCUT2D eigenvalue weighted by atomic mass is 35.5. The van der Waals surface area contributed by atoms with E-state index in [0.717, 1.165) is 4.57 Å². The number of ether oxygens (including phenoxy) is 2. The van der Waals surface area contributed by atoms with Crippen LogP contribution in [0.15, 0.2) is 47.0 Å². The van der Waals surface area contributed by atoms with Crippen LogP contribution in [0.4, 0.5) is 13.2 Å². The number of nitrogens with zero attached hydrogens (tertiary/aromatic N) is 4. The van der Waals surface area contributed by atoms with E-state index in [2.05, 4.69) is 15.2 Å². The number of aromatic nitrogens is 4. The molecule has 1 aliphatic rings. The minimum Gasteiger partial charge on any atom is -0.493 e. The van der Waals surface area contributed by atoms with Crippen molar-refractivity contribution in [1.29, 1.82) is 0 Å². The van der Waals surface area contributed by atoms with Gasteiger partial charge in [-0.25, -0.2) is 4.98 Å². The van der Waals surface area contributed by atoms with E-state index in [1.54, 1.807) is 18.2 Å². The molecule has 40 heavy (non-hydrogen) atoms. The van der Waals surface area contributed by atoms with E-state index in [4.69, 9.17) is 30.6 Å². The molecule has 0 amide bonds. The van der Waals surface area contributed by atoms with Gasteiger partial charge in [-0.15, -0.1) is 22.0 Å². The maximum absolute atomic E-state index is 14.2. The number of alkyl halides is 3. The number of aryl methyl sites for hydroxylation is 1. The van der Waals surface area contributed by atoms with Crippen molar-refractivity contribution in [1.82, 2.24) is 19.7 Å². The number of hydrogen-bond donors (Lipinski definition) is 1. The van der Waals surface area contributed by atoms with Crippen LogP contribution in [0.5, 0.6) is 11.5 Å². The van der Waals surface area contributed by atoms with Gasteiger partial charge in [0.25, 0.3) is 0 Å². The number of aliphatic carboxylic acids is 1. The van der Waals surface area contributed by atoms with Crippen molar-refractivity contribution in [2.45, 2.75) is 35.9 Å². The number of carbonyl (C=O) groups is 1. The topological polar surface area (TPSA) is 113 Å². The van der Waals surface area contributed by atoms with Crippen LogP contribution in [0.2, 0.25) is 5.02 Å². The Hall–Kier alpha value is -3.71. The summed E-state index contributed by atoms with van der Waals surface area (Å²) in [5.74, 6) is -0.656. The fourth-order valence-corrected chi connectivity index (χ4v) is 6.30. The van der Waals surface area contributed by atoms with Crippen molar-refractivity contribution in [2.75, 3.05) is 14.2 Å². The molecule has 0 radical (unpaired) electrons. The van der Waals surface area contributed by atoms with Gasteiger partial charge in [0.2, 0.25) is 5.82 Å². The lowest BCUT2D eigenvalue weighted by Gasteiger charge is -2.23. The Morgan fingerprint density at radius 2 is 1.98 bits per heavy atom. The number of carboxylic acids is 1. The molecular formula is C26H22ClF3N4O5S. The van der Waals surface area contributed by atoms with Crippen LogP contribution in [0.3, 0.4) is 0 Å². The third kappa shape index (κ3) is 5.35. The van der Waals surface area contributed by atoms with Crippen molar-refractivity contribution >= 4 is 29.3 Å². The van der Waals surface area contributed by atoms with Crippen LogP contribution in [0.1, 0.15) is 51.3 Å². The molecule has 1 aliphatic heterocycles. The van der Waals surface area contributed by atoms with Gasteiger partial charge in [0.05, 0.1) is 43.0 Å². The molecule has 14 heteroatoms. The minimum absolute atomic E-state index is 0.0514. The molecule has 2 aromatic carbocycles. The molecule has 0 spiro atoms.